The van der Waals surface area contributed by atoms with Crippen LogP contribution in [0.2, 0.25) is 0 Å². The highest BCUT2D eigenvalue weighted by Crippen LogP contribution is 2.28. The molecule has 0 aliphatic heterocycles. The Morgan fingerprint density at radius 2 is 1.94 bits per heavy atom. The van der Waals surface area contributed by atoms with Crippen molar-refractivity contribution < 1.29 is 0 Å². The van der Waals surface area contributed by atoms with Crippen molar-refractivity contribution in [3.05, 3.63) is 45.5 Å². The van der Waals surface area contributed by atoms with E-state index in [4.69, 9.17) is 5.73 Å². The molecule has 0 spiro atoms. The van der Waals surface area contributed by atoms with E-state index in [1.54, 1.807) is 12.3 Å². The van der Waals surface area contributed by atoms with Crippen molar-refractivity contribution in [1.82, 2.24) is 4.98 Å². The molecule has 0 aliphatic rings. The molecule has 82 valence electrons. The van der Waals surface area contributed by atoms with Crippen LogP contribution in [0, 0.1) is 0 Å². The first kappa shape index (κ1) is 11.4. The second-order valence-electron chi connectivity index (χ2n) is 3.22. The van der Waals surface area contributed by atoms with E-state index in [-0.39, 0.29) is 0 Å². The lowest BCUT2D eigenvalue weighted by atomic mass is 10.3. The first-order valence-electron chi connectivity index (χ1n) is 4.59. The molecule has 0 saturated carbocycles. The summed E-state index contributed by atoms with van der Waals surface area (Å²) in [4.78, 5) is 4.01. The van der Waals surface area contributed by atoms with Gasteiger partial charge in [0, 0.05) is 8.95 Å². The lowest BCUT2D eigenvalue weighted by Crippen LogP contribution is -1.94. The molecule has 16 heavy (non-hydrogen) atoms. The highest BCUT2D eigenvalue weighted by molar-refractivity contribution is 9.11. The van der Waals surface area contributed by atoms with Crippen molar-refractivity contribution >= 4 is 49.1 Å². The molecule has 0 radical (unpaired) electrons. The van der Waals surface area contributed by atoms with Crippen LogP contribution in [-0.4, -0.2) is 4.98 Å². The van der Waals surface area contributed by atoms with Crippen LogP contribution >= 0.6 is 31.9 Å². The zero-order chi connectivity index (χ0) is 11.5. The molecule has 1 aromatic heterocycles. The summed E-state index contributed by atoms with van der Waals surface area (Å²) in [5, 5.41) is 3.24. The Morgan fingerprint density at radius 3 is 2.56 bits per heavy atom. The van der Waals surface area contributed by atoms with Crippen molar-refractivity contribution in [2.45, 2.75) is 0 Å². The van der Waals surface area contributed by atoms with Crippen LogP contribution in [0.25, 0.3) is 0 Å². The summed E-state index contributed by atoms with van der Waals surface area (Å²) in [5.74, 6) is 0.514. The van der Waals surface area contributed by atoms with E-state index in [9.17, 15) is 0 Å². The lowest BCUT2D eigenvalue weighted by molar-refractivity contribution is 1.33. The highest BCUT2D eigenvalue weighted by Gasteiger charge is 2.01. The molecule has 5 heteroatoms. The number of nitrogen functional groups attached to an aromatic ring is 1. The number of nitrogens with one attached hydrogen (secondary N) is 1. The number of aromatic nitrogens is 1. The van der Waals surface area contributed by atoms with Crippen LogP contribution in [-0.2, 0) is 0 Å². The van der Waals surface area contributed by atoms with Gasteiger partial charge in [-0.1, -0.05) is 15.9 Å². The van der Waals surface area contributed by atoms with Crippen LogP contribution < -0.4 is 11.1 Å². The minimum absolute atomic E-state index is 0.514. The molecule has 0 unspecified atom stereocenters. The quantitative estimate of drug-likeness (QED) is 0.869. The maximum atomic E-state index is 5.52. The van der Waals surface area contributed by atoms with Crippen LogP contribution in [0.3, 0.4) is 0 Å². The SMILES string of the molecule is Nc1ccc(Nc2ccc(Br)cc2Br)cn1. The van der Waals surface area contributed by atoms with E-state index in [1.807, 2.05) is 24.3 Å². The fraction of sp³-hybridized carbons (Fsp3) is 0. The molecule has 0 atom stereocenters. The second-order valence-corrected chi connectivity index (χ2v) is 4.99. The zero-order valence-corrected chi connectivity index (χ0v) is 11.4. The van der Waals surface area contributed by atoms with Gasteiger partial charge in [-0.15, -0.1) is 0 Å². The second kappa shape index (κ2) is 4.84. The van der Waals surface area contributed by atoms with Gasteiger partial charge >= 0.3 is 0 Å². The Morgan fingerprint density at radius 1 is 1.12 bits per heavy atom. The number of nitrogens with two attached hydrogens (primary N) is 1. The summed E-state index contributed by atoms with van der Waals surface area (Å²) in [7, 11) is 0. The van der Waals surface area contributed by atoms with Crippen LogP contribution in [0.5, 0.6) is 0 Å². The van der Waals surface area contributed by atoms with Crippen molar-refractivity contribution in [1.29, 1.82) is 0 Å². The molecule has 2 aromatic rings. The van der Waals surface area contributed by atoms with Crippen LogP contribution in [0.15, 0.2) is 45.5 Å². The average Bonchev–Trinajstić information content (AvgIpc) is 2.25. The lowest BCUT2D eigenvalue weighted by Gasteiger charge is -2.08. The number of hydrogen-bond donors (Lipinski definition) is 2. The zero-order valence-electron chi connectivity index (χ0n) is 8.24. The van der Waals surface area contributed by atoms with Crippen LogP contribution in [0.1, 0.15) is 0 Å². The summed E-state index contributed by atoms with van der Waals surface area (Å²) in [6.45, 7) is 0. The maximum Gasteiger partial charge on any atom is 0.123 e. The minimum Gasteiger partial charge on any atom is -0.384 e. The van der Waals surface area contributed by atoms with Gasteiger partial charge in [-0.25, -0.2) is 4.98 Å². The maximum absolute atomic E-state index is 5.52. The molecular formula is C11H9Br2N3. The number of benzene rings is 1. The topological polar surface area (TPSA) is 50.9 Å². The monoisotopic (exact) mass is 341 g/mol. The molecular weight excluding hydrogens is 334 g/mol. The first-order chi connectivity index (χ1) is 7.65. The molecule has 2 rings (SSSR count). The van der Waals surface area contributed by atoms with E-state index in [2.05, 4.69) is 42.2 Å². The van der Waals surface area contributed by atoms with E-state index in [0.717, 1.165) is 20.3 Å². The third-order valence-electron chi connectivity index (χ3n) is 2.00. The van der Waals surface area contributed by atoms with Gasteiger partial charge < -0.3 is 11.1 Å². The molecule has 0 aliphatic carbocycles. The molecule has 1 aromatic carbocycles. The van der Waals surface area contributed by atoms with Gasteiger partial charge in [-0.3, -0.25) is 0 Å². The van der Waals surface area contributed by atoms with Gasteiger partial charge in [-0.05, 0) is 46.3 Å². The fourth-order valence-corrected chi connectivity index (χ4v) is 2.37. The summed E-state index contributed by atoms with van der Waals surface area (Å²) >= 11 is 6.89. The fourth-order valence-electron chi connectivity index (χ4n) is 1.23. The van der Waals surface area contributed by atoms with Crippen molar-refractivity contribution in [2.75, 3.05) is 11.1 Å². The molecule has 3 N–H and O–H groups in total. The number of pyridine rings is 1. The third-order valence-corrected chi connectivity index (χ3v) is 3.15. The normalized spacial score (nSPS) is 10.1. The smallest absolute Gasteiger partial charge is 0.123 e. The Balaban J connectivity index is 2.23. The Bertz CT molecular complexity index is 497. The van der Waals surface area contributed by atoms with E-state index in [0.29, 0.717) is 5.82 Å². The minimum atomic E-state index is 0.514. The third kappa shape index (κ3) is 2.74. The number of anilines is 3. The summed E-state index contributed by atoms with van der Waals surface area (Å²) in [5.41, 5.74) is 7.40. The van der Waals surface area contributed by atoms with E-state index in [1.165, 1.54) is 0 Å². The number of hydrogen-bond acceptors (Lipinski definition) is 3. The van der Waals surface area contributed by atoms with E-state index >= 15 is 0 Å². The molecule has 3 nitrogen and oxygen atoms in total. The Kier molecular flexibility index (Phi) is 3.46. The molecule has 0 saturated heterocycles. The summed E-state index contributed by atoms with van der Waals surface area (Å²) in [6, 6.07) is 9.57. The van der Waals surface area contributed by atoms with Crippen LogP contribution in [0.4, 0.5) is 17.2 Å². The van der Waals surface area contributed by atoms with Gasteiger partial charge in [0.15, 0.2) is 0 Å². The predicted octanol–water partition coefficient (Wildman–Crippen LogP) is 3.93. The first-order valence-corrected chi connectivity index (χ1v) is 6.17. The molecule has 1 heterocycles. The van der Waals surface area contributed by atoms with E-state index < -0.39 is 0 Å². The van der Waals surface area contributed by atoms with Crippen molar-refractivity contribution in [2.24, 2.45) is 0 Å². The molecule has 0 fully saturated rings. The Labute approximate surface area is 110 Å². The largest absolute Gasteiger partial charge is 0.384 e. The van der Waals surface area contributed by atoms with Gasteiger partial charge in [0.25, 0.3) is 0 Å². The van der Waals surface area contributed by atoms with Crippen molar-refractivity contribution in [3.8, 4) is 0 Å². The number of rotatable bonds is 2. The van der Waals surface area contributed by atoms with Gasteiger partial charge in [-0.2, -0.15) is 0 Å². The highest BCUT2D eigenvalue weighted by atomic mass is 79.9. The van der Waals surface area contributed by atoms with Gasteiger partial charge in [0.1, 0.15) is 5.82 Å². The number of halogens is 2. The Hall–Kier alpha value is -1.07. The predicted molar refractivity (Wildman–Crippen MR) is 73.8 cm³/mol. The van der Waals surface area contributed by atoms with Crippen molar-refractivity contribution in [3.63, 3.8) is 0 Å². The molecule has 0 amide bonds. The van der Waals surface area contributed by atoms with Gasteiger partial charge in [0.05, 0.1) is 17.6 Å². The number of nitrogens with zero attached hydrogens (tertiary/aromatic N) is 1. The standard InChI is InChI=1S/C11H9Br2N3/c12-7-1-3-10(9(13)5-7)16-8-2-4-11(14)15-6-8/h1-6,16H,(H2,14,15). The summed E-state index contributed by atoms with van der Waals surface area (Å²) < 4.78 is 2.01. The molecule has 0 bridgehead atoms. The van der Waals surface area contributed by atoms with Gasteiger partial charge in [0.2, 0.25) is 0 Å². The summed E-state index contributed by atoms with van der Waals surface area (Å²) in [6.07, 6.45) is 1.70. The average molecular weight is 343 g/mol.